The number of methoxy groups -OCH3 is 1. The molecule has 108 valence electrons. The summed E-state index contributed by atoms with van der Waals surface area (Å²) >= 11 is 0. The molecule has 0 saturated carbocycles. The third-order valence-corrected chi connectivity index (χ3v) is 2.98. The molecule has 0 aliphatic carbocycles. The predicted molar refractivity (Wildman–Crippen MR) is 65.3 cm³/mol. The second-order valence-electron chi connectivity index (χ2n) is 4.57. The van der Waals surface area contributed by atoms with Crippen LogP contribution in [0, 0.1) is 5.92 Å². The number of urea groups is 1. The van der Waals surface area contributed by atoms with Gasteiger partial charge < -0.3 is 25.8 Å². The van der Waals surface area contributed by atoms with E-state index < -0.39 is 30.4 Å². The average Bonchev–Trinajstić information content (AvgIpc) is 2.76. The van der Waals surface area contributed by atoms with E-state index in [2.05, 4.69) is 5.32 Å². The summed E-state index contributed by atoms with van der Waals surface area (Å²) in [5.41, 5.74) is 4.94. The lowest BCUT2D eigenvalue weighted by atomic mass is 10.1. The standard InChI is InChI=1S/C11H19N3O5/c1-19-6-7-2-3-14(5-7)11(18)13-8(10(16)17)4-9(12)15/h7-8H,2-6H2,1H3,(H2,12,15)(H,13,18)(H,16,17)/t7?,8-/m0/s1. The maximum Gasteiger partial charge on any atom is 0.326 e. The van der Waals surface area contributed by atoms with Crippen molar-refractivity contribution in [3.8, 4) is 0 Å². The van der Waals surface area contributed by atoms with Crippen LogP contribution in [0.2, 0.25) is 0 Å². The zero-order valence-corrected chi connectivity index (χ0v) is 10.8. The van der Waals surface area contributed by atoms with Crippen LogP contribution in [-0.2, 0) is 14.3 Å². The first-order chi connectivity index (χ1) is 8.93. The van der Waals surface area contributed by atoms with Gasteiger partial charge in [0.25, 0.3) is 0 Å². The highest BCUT2D eigenvalue weighted by Crippen LogP contribution is 2.16. The Labute approximate surface area is 110 Å². The smallest absolute Gasteiger partial charge is 0.326 e. The molecule has 1 fully saturated rings. The van der Waals surface area contributed by atoms with Gasteiger partial charge in [-0.3, -0.25) is 4.79 Å². The molecule has 1 aliphatic rings. The normalized spacial score (nSPS) is 20.1. The summed E-state index contributed by atoms with van der Waals surface area (Å²) in [6, 6.07) is -1.78. The highest BCUT2D eigenvalue weighted by atomic mass is 16.5. The van der Waals surface area contributed by atoms with Gasteiger partial charge in [0.05, 0.1) is 13.0 Å². The van der Waals surface area contributed by atoms with Gasteiger partial charge in [0.15, 0.2) is 0 Å². The molecular weight excluding hydrogens is 254 g/mol. The Morgan fingerprint density at radius 3 is 2.74 bits per heavy atom. The molecule has 8 heteroatoms. The van der Waals surface area contributed by atoms with Crippen LogP contribution in [0.4, 0.5) is 4.79 Å². The summed E-state index contributed by atoms with van der Waals surface area (Å²) in [5.74, 6) is -1.79. The van der Waals surface area contributed by atoms with E-state index in [-0.39, 0.29) is 5.92 Å². The van der Waals surface area contributed by atoms with Crippen molar-refractivity contribution in [2.75, 3.05) is 26.8 Å². The summed E-state index contributed by atoms with van der Waals surface area (Å²) in [6.45, 7) is 1.62. The Bertz CT molecular complexity index is 360. The number of carbonyl (C=O) groups excluding carboxylic acids is 2. The third-order valence-electron chi connectivity index (χ3n) is 2.98. The van der Waals surface area contributed by atoms with Crippen molar-refractivity contribution in [1.82, 2.24) is 10.2 Å². The summed E-state index contributed by atoms with van der Waals surface area (Å²) in [6.07, 6.45) is 0.394. The third kappa shape index (κ3) is 4.74. The first kappa shape index (κ1) is 15.2. The number of amides is 3. The largest absolute Gasteiger partial charge is 0.480 e. The molecule has 1 aliphatic heterocycles. The summed E-state index contributed by atoms with van der Waals surface area (Å²) < 4.78 is 5.01. The maximum absolute atomic E-state index is 11.9. The molecule has 1 rings (SSSR count). The Morgan fingerprint density at radius 2 is 2.21 bits per heavy atom. The number of nitrogens with two attached hydrogens (primary N) is 1. The number of carboxylic acids is 1. The number of nitrogens with one attached hydrogen (secondary N) is 1. The Morgan fingerprint density at radius 1 is 1.53 bits per heavy atom. The van der Waals surface area contributed by atoms with E-state index in [9.17, 15) is 14.4 Å². The van der Waals surface area contributed by atoms with Crippen LogP contribution < -0.4 is 11.1 Å². The lowest BCUT2D eigenvalue weighted by Crippen LogP contribution is -2.48. The van der Waals surface area contributed by atoms with E-state index in [0.717, 1.165) is 6.42 Å². The fourth-order valence-corrected chi connectivity index (χ4v) is 2.03. The van der Waals surface area contributed by atoms with Crippen LogP contribution in [0.3, 0.4) is 0 Å². The van der Waals surface area contributed by atoms with E-state index in [0.29, 0.717) is 19.7 Å². The molecule has 0 bridgehead atoms. The Kier molecular flexibility index (Phi) is 5.56. The Balaban J connectivity index is 2.49. The molecule has 3 amide bonds. The van der Waals surface area contributed by atoms with Crippen LogP contribution in [0.5, 0.6) is 0 Å². The lowest BCUT2D eigenvalue weighted by molar-refractivity contribution is -0.140. The van der Waals surface area contributed by atoms with Crippen LogP contribution in [0.1, 0.15) is 12.8 Å². The number of nitrogens with zero attached hydrogens (tertiary/aromatic N) is 1. The number of ether oxygens (including phenoxy) is 1. The minimum absolute atomic E-state index is 0.259. The second-order valence-corrected chi connectivity index (χ2v) is 4.57. The molecule has 4 N–H and O–H groups in total. The first-order valence-corrected chi connectivity index (χ1v) is 5.99. The molecule has 2 atom stereocenters. The van der Waals surface area contributed by atoms with Crippen molar-refractivity contribution >= 4 is 17.9 Å². The van der Waals surface area contributed by atoms with E-state index in [1.165, 1.54) is 4.90 Å². The van der Waals surface area contributed by atoms with E-state index in [1.54, 1.807) is 7.11 Å². The van der Waals surface area contributed by atoms with Gasteiger partial charge >= 0.3 is 12.0 Å². The topological polar surface area (TPSA) is 122 Å². The van der Waals surface area contributed by atoms with Gasteiger partial charge in [-0.2, -0.15) is 0 Å². The zero-order valence-electron chi connectivity index (χ0n) is 10.8. The van der Waals surface area contributed by atoms with E-state index >= 15 is 0 Å². The van der Waals surface area contributed by atoms with Gasteiger partial charge in [0, 0.05) is 26.1 Å². The zero-order chi connectivity index (χ0) is 14.4. The van der Waals surface area contributed by atoms with Crippen molar-refractivity contribution in [2.24, 2.45) is 11.7 Å². The lowest BCUT2D eigenvalue weighted by Gasteiger charge is -2.20. The minimum Gasteiger partial charge on any atom is -0.480 e. The van der Waals surface area contributed by atoms with Crippen LogP contribution in [0.25, 0.3) is 0 Å². The van der Waals surface area contributed by atoms with E-state index in [1.807, 2.05) is 0 Å². The molecule has 19 heavy (non-hydrogen) atoms. The molecule has 0 aromatic rings. The number of carboxylic acid groups (broad SMARTS) is 1. The summed E-state index contributed by atoms with van der Waals surface area (Å²) in [4.78, 5) is 35.0. The first-order valence-electron chi connectivity index (χ1n) is 5.99. The van der Waals surface area contributed by atoms with Crippen molar-refractivity contribution in [2.45, 2.75) is 18.9 Å². The maximum atomic E-state index is 11.9. The molecule has 0 aromatic carbocycles. The molecule has 0 radical (unpaired) electrons. The van der Waals surface area contributed by atoms with Crippen LogP contribution in [-0.4, -0.2) is 60.8 Å². The molecule has 1 unspecified atom stereocenters. The van der Waals surface area contributed by atoms with Gasteiger partial charge in [0.1, 0.15) is 6.04 Å². The van der Waals surface area contributed by atoms with E-state index in [4.69, 9.17) is 15.6 Å². The second kappa shape index (κ2) is 6.93. The highest BCUT2D eigenvalue weighted by molar-refractivity contribution is 5.87. The number of likely N-dealkylation sites (tertiary alicyclic amines) is 1. The fraction of sp³-hybridized carbons (Fsp3) is 0.727. The molecule has 0 spiro atoms. The van der Waals surface area contributed by atoms with Crippen LogP contribution >= 0.6 is 0 Å². The highest BCUT2D eigenvalue weighted by Gasteiger charge is 2.29. The predicted octanol–water partition coefficient (Wildman–Crippen LogP) is -1.01. The number of rotatable bonds is 6. The molecule has 8 nitrogen and oxygen atoms in total. The minimum atomic E-state index is -1.29. The fourth-order valence-electron chi connectivity index (χ4n) is 2.03. The summed E-state index contributed by atoms with van der Waals surface area (Å²) in [7, 11) is 1.59. The average molecular weight is 273 g/mol. The van der Waals surface area contributed by atoms with Gasteiger partial charge in [-0.25, -0.2) is 9.59 Å². The van der Waals surface area contributed by atoms with Crippen LogP contribution in [0.15, 0.2) is 0 Å². The van der Waals surface area contributed by atoms with Gasteiger partial charge in [-0.15, -0.1) is 0 Å². The number of hydrogen-bond donors (Lipinski definition) is 3. The number of aliphatic carboxylic acids is 1. The SMILES string of the molecule is COCC1CCN(C(=O)N[C@@H](CC(N)=O)C(=O)O)C1. The molecule has 0 aromatic heterocycles. The van der Waals surface area contributed by atoms with Gasteiger partial charge in [-0.1, -0.05) is 0 Å². The Hall–Kier alpha value is -1.83. The van der Waals surface area contributed by atoms with Gasteiger partial charge in [-0.05, 0) is 6.42 Å². The number of primary amides is 1. The van der Waals surface area contributed by atoms with Crippen molar-refractivity contribution < 1.29 is 24.2 Å². The molecule has 1 saturated heterocycles. The molecular formula is C11H19N3O5. The number of carbonyl (C=O) groups is 3. The monoisotopic (exact) mass is 273 g/mol. The quantitative estimate of drug-likeness (QED) is 0.572. The van der Waals surface area contributed by atoms with Crippen molar-refractivity contribution in [1.29, 1.82) is 0 Å². The van der Waals surface area contributed by atoms with Gasteiger partial charge in [0.2, 0.25) is 5.91 Å². The summed E-state index contributed by atoms with van der Waals surface area (Å²) in [5, 5.41) is 11.2. The molecule has 1 heterocycles. The number of hydrogen-bond acceptors (Lipinski definition) is 4. The van der Waals surface area contributed by atoms with Crippen molar-refractivity contribution in [3.05, 3.63) is 0 Å². The van der Waals surface area contributed by atoms with Crippen molar-refractivity contribution in [3.63, 3.8) is 0 Å².